The van der Waals surface area contributed by atoms with E-state index in [1.807, 2.05) is 0 Å². The van der Waals surface area contributed by atoms with Crippen molar-refractivity contribution in [2.45, 2.75) is 19.3 Å². The molecule has 8 rings (SSSR count). The molecule has 0 amide bonds. The van der Waals surface area contributed by atoms with Crippen LogP contribution in [0.15, 0.2) is 115 Å². The minimum atomic E-state index is -0.848. The highest BCUT2D eigenvalue weighted by Crippen LogP contribution is 2.54. The van der Waals surface area contributed by atoms with E-state index >= 15 is 0 Å². The number of rotatable bonds is 1. The molecule has 1 unspecified atom stereocenters. The number of hydrogen-bond acceptors (Lipinski definition) is 0. The van der Waals surface area contributed by atoms with E-state index < -0.39 is 7.69 Å². The van der Waals surface area contributed by atoms with Crippen LogP contribution in [0.25, 0.3) is 48.9 Å². The molecule has 5 aromatic carbocycles. The fourth-order valence-electron chi connectivity index (χ4n) is 6.45. The molecule has 1 aliphatic rings. The molecule has 3 heterocycles. The first-order chi connectivity index (χ1) is 17.7. The van der Waals surface area contributed by atoms with Crippen LogP contribution in [0.5, 0.6) is 0 Å². The first-order valence-corrected chi connectivity index (χ1v) is 13.9. The zero-order valence-corrected chi connectivity index (χ0v) is 21.2. The van der Waals surface area contributed by atoms with Gasteiger partial charge < -0.3 is 4.57 Å². The van der Waals surface area contributed by atoms with Crippen molar-refractivity contribution >= 4 is 45.6 Å². The van der Waals surface area contributed by atoms with Crippen LogP contribution in [0.2, 0.25) is 0 Å². The van der Waals surface area contributed by atoms with E-state index in [1.54, 1.807) is 0 Å². The third-order valence-electron chi connectivity index (χ3n) is 8.05. The molecule has 0 spiro atoms. The van der Waals surface area contributed by atoms with Crippen molar-refractivity contribution in [1.82, 2.24) is 8.73 Å². The summed E-state index contributed by atoms with van der Waals surface area (Å²) in [7, 11) is -0.848. The lowest BCUT2D eigenvalue weighted by atomic mass is 9.75. The van der Waals surface area contributed by atoms with Gasteiger partial charge in [0.2, 0.25) is 0 Å². The summed E-state index contributed by atoms with van der Waals surface area (Å²) in [6.07, 6.45) is 0. The van der Waals surface area contributed by atoms with Crippen LogP contribution in [-0.2, 0) is 5.41 Å². The van der Waals surface area contributed by atoms with Gasteiger partial charge in [-0.1, -0.05) is 92.7 Å². The SMILES string of the molecule is CC1(C)c2ccccc2-n2c3cccc4c5ccccc5n(c43)p(-c3ccccc3)c3cccc1c32. The number of hydrogen-bond donors (Lipinski definition) is 0. The van der Waals surface area contributed by atoms with Gasteiger partial charge >= 0.3 is 0 Å². The second-order valence-corrected chi connectivity index (χ2v) is 12.3. The van der Waals surface area contributed by atoms with E-state index in [9.17, 15) is 0 Å². The Morgan fingerprint density at radius 3 is 2.11 bits per heavy atom. The van der Waals surface area contributed by atoms with Crippen LogP contribution in [0.3, 0.4) is 0 Å². The van der Waals surface area contributed by atoms with Crippen molar-refractivity contribution in [3.05, 3.63) is 126 Å². The number of aromatic nitrogens is 2. The van der Waals surface area contributed by atoms with E-state index in [-0.39, 0.29) is 5.41 Å². The van der Waals surface area contributed by atoms with E-state index in [0.29, 0.717) is 0 Å². The van der Waals surface area contributed by atoms with Gasteiger partial charge in [0, 0.05) is 26.6 Å². The zero-order chi connectivity index (χ0) is 24.0. The fraction of sp³-hybridized carbons (Fsp3) is 0.0909. The van der Waals surface area contributed by atoms with Crippen molar-refractivity contribution in [2.75, 3.05) is 0 Å². The summed E-state index contributed by atoms with van der Waals surface area (Å²) in [5, 5.41) is 5.43. The summed E-state index contributed by atoms with van der Waals surface area (Å²) in [5.74, 6) is 0. The average molecular weight is 481 g/mol. The normalized spacial score (nSPS) is 14.6. The smallest absolute Gasteiger partial charge is 0.0813 e. The Morgan fingerprint density at radius 2 is 1.22 bits per heavy atom. The molecule has 0 saturated heterocycles. The first-order valence-electron chi connectivity index (χ1n) is 12.6. The molecule has 0 N–H and O–H groups in total. The predicted molar refractivity (Wildman–Crippen MR) is 154 cm³/mol. The van der Waals surface area contributed by atoms with E-state index in [1.165, 1.54) is 60.1 Å². The maximum absolute atomic E-state index is 2.66. The van der Waals surface area contributed by atoms with E-state index in [4.69, 9.17) is 0 Å². The maximum atomic E-state index is 2.66. The molecule has 1 aliphatic heterocycles. The largest absolute Gasteiger partial charge is 0.307 e. The Kier molecular flexibility index (Phi) is 3.95. The third kappa shape index (κ3) is 2.43. The van der Waals surface area contributed by atoms with Crippen LogP contribution < -0.4 is 0 Å². The standard InChI is InChI=1S/C33H25N2P/c1-33(2)25-16-7-9-19-28(25)34-29-20-10-15-24-23-14-6-8-18-27(23)35(31(24)29)36(22-12-4-3-5-13-22)30-21-11-17-26(33)32(30)34/h3-21H,1-2H3. The topological polar surface area (TPSA) is 9.34 Å². The van der Waals surface area contributed by atoms with Crippen LogP contribution >= 0.6 is 7.69 Å². The highest BCUT2D eigenvalue weighted by molar-refractivity contribution is 7.59. The summed E-state index contributed by atoms with van der Waals surface area (Å²) in [5.41, 5.74) is 9.22. The molecule has 172 valence electrons. The van der Waals surface area contributed by atoms with Gasteiger partial charge in [0.1, 0.15) is 0 Å². The Bertz CT molecular complexity index is 2020. The molecule has 1 atom stereocenters. The Balaban J connectivity index is 1.81. The van der Waals surface area contributed by atoms with Gasteiger partial charge in [-0.05, 0) is 55.2 Å². The fourth-order valence-corrected chi connectivity index (χ4v) is 9.08. The Morgan fingerprint density at radius 1 is 0.556 bits per heavy atom. The minimum Gasteiger partial charge on any atom is -0.307 e. The Hall–Kier alpha value is -4.00. The first kappa shape index (κ1) is 20.2. The number of para-hydroxylation sites is 4. The highest BCUT2D eigenvalue weighted by Gasteiger charge is 2.34. The van der Waals surface area contributed by atoms with Crippen molar-refractivity contribution in [1.29, 1.82) is 0 Å². The quantitative estimate of drug-likeness (QED) is 0.221. The number of fused-ring (bicyclic) bond motifs is 6. The summed E-state index contributed by atoms with van der Waals surface area (Å²) >= 11 is 0. The highest BCUT2D eigenvalue weighted by atomic mass is 31.1. The molecule has 2 aromatic heterocycles. The Labute approximate surface area is 210 Å². The molecule has 0 aliphatic carbocycles. The van der Waals surface area contributed by atoms with Crippen LogP contribution in [0.4, 0.5) is 0 Å². The lowest BCUT2D eigenvalue weighted by Gasteiger charge is -2.35. The monoisotopic (exact) mass is 480 g/mol. The minimum absolute atomic E-state index is 0.0922. The molecule has 0 bridgehead atoms. The van der Waals surface area contributed by atoms with Gasteiger partial charge in [-0.3, -0.25) is 4.16 Å². The van der Waals surface area contributed by atoms with Crippen molar-refractivity contribution in [3.8, 4) is 11.0 Å². The van der Waals surface area contributed by atoms with Crippen LogP contribution in [0, 0.1) is 0 Å². The lowest BCUT2D eigenvalue weighted by Crippen LogP contribution is -2.26. The van der Waals surface area contributed by atoms with Crippen LogP contribution in [0.1, 0.15) is 25.0 Å². The second-order valence-electron chi connectivity index (χ2n) is 10.3. The molecule has 7 aromatic rings. The number of nitrogens with zero attached hydrogens (tertiary/aromatic N) is 2. The molecular formula is C33H25N2P. The summed E-state index contributed by atoms with van der Waals surface area (Å²) in [6, 6.07) is 42.9. The molecule has 3 heteroatoms. The van der Waals surface area contributed by atoms with Crippen molar-refractivity contribution < 1.29 is 0 Å². The second kappa shape index (κ2) is 7.03. The molecule has 36 heavy (non-hydrogen) atoms. The maximum Gasteiger partial charge on any atom is 0.0813 e. The van der Waals surface area contributed by atoms with E-state index in [2.05, 4.69) is 138 Å². The van der Waals surface area contributed by atoms with Gasteiger partial charge in [0.25, 0.3) is 0 Å². The summed E-state index contributed by atoms with van der Waals surface area (Å²) in [4.78, 5) is 0. The van der Waals surface area contributed by atoms with Gasteiger partial charge in [-0.2, -0.15) is 0 Å². The van der Waals surface area contributed by atoms with Gasteiger partial charge in [0.05, 0.1) is 27.8 Å². The van der Waals surface area contributed by atoms with Gasteiger partial charge in [-0.15, -0.1) is 0 Å². The molecule has 2 nitrogen and oxygen atoms in total. The van der Waals surface area contributed by atoms with Gasteiger partial charge in [0.15, 0.2) is 0 Å². The number of benzene rings is 5. The summed E-state index contributed by atoms with van der Waals surface area (Å²) in [6.45, 7) is 4.76. The summed E-state index contributed by atoms with van der Waals surface area (Å²) < 4.78 is 5.22. The van der Waals surface area contributed by atoms with Crippen molar-refractivity contribution in [2.24, 2.45) is 0 Å². The molecule has 0 fully saturated rings. The lowest BCUT2D eigenvalue weighted by molar-refractivity contribution is 0.630. The molecule has 0 saturated carbocycles. The zero-order valence-electron chi connectivity index (χ0n) is 20.3. The van der Waals surface area contributed by atoms with Gasteiger partial charge in [-0.25, -0.2) is 0 Å². The van der Waals surface area contributed by atoms with Crippen LogP contribution in [-0.4, -0.2) is 8.73 Å². The average Bonchev–Trinajstić information content (AvgIpc) is 3.18. The molecular weight excluding hydrogens is 455 g/mol. The predicted octanol–water partition coefficient (Wildman–Crippen LogP) is 9.37. The molecule has 0 radical (unpaired) electrons. The van der Waals surface area contributed by atoms with Crippen molar-refractivity contribution in [3.63, 3.8) is 0 Å². The third-order valence-corrected chi connectivity index (χ3v) is 10.5. The van der Waals surface area contributed by atoms with E-state index in [0.717, 1.165) is 0 Å².